The minimum Gasteiger partial charge on any atom is -0.399 e. The maximum atomic E-state index is 6.15. The zero-order valence-corrected chi connectivity index (χ0v) is 11.6. The molecule has 104 valence electrons. The fraction of sp³-hybridized carbons (Fsp3) is 0. The second-order valence-electron chi connectivity index (χ2n) is 4.92. The van der Waals surface area contributed by atoms with Crippen molar-refractivity contribution in [1.29, 1.82) is 0 Å². The molecule has 0 aliphatic rings. The summed E-state index contributed by atoms with van der Waals surface area (Å²) in [5, 5.41) is 3.31. The lowest BCUT2D eigenvalue weighted by atomic mass is 10.0. The molecular formula is C18H17N3. The average molecular weight is 275 g/mol. The first-order valence-electron chi connectivity index (χ1n) is 6.80. The molecule has 3 aromatic carbocycles. The second-order valence-corrected chi connectivity index (χ2v) is 4.92. The Morgan fingerprint density at radius 2 is 1.33 bits per heavy atom. The van der Waals surface area contributed by atoms with E-state index >= 15 is 0 Å². The van der Waals surface area contributed by atoms with Gasteiger partial charge < -0.3 is 16.8 Å². The van der Waals surface area contributed by atoms with Crippen LogP contribution in [0.5, 0.6) is 0 Å². The molecule has 3 nitrogen and oxygen atoms in total. The molecule has 5 N–H and O–H groups in total. The number of nitrogen functional groups attached to an aromatic ring is 2. The average Bonchev–Trinajstić information content (AvgIpc) is 2.51. The van der Waals surface area contributed by atoms with Crippen LogP contribution in [-0.2, 0) is 0 Å². The molecule has 0 heterocycles. The largest absolute Gasteiger partial charge is 0.399 e. The van der Waals surface area contributed by atoms with Crippen molar-refractivity contribution in [2.75, 3.05) is 16.8 Å². The highest BCUT2D eigenvalue weighted by atomic mass is 14.9. The molecule has 3 aromatic rings. The van der Waals surface area contributed by atoms with Gasteiger partial charge in [0.15, 0.2) is 0 Å². The number of rotatable bonds is 3. The Kier molecular flexibility index (Phi) is 3.48. The van der Waals surface area contributed by atoms with Crippen molar-refractivity contribution in [2.45, 2.75) is 0 Å². The van der Waals surface area contributed by atoms with Gasteiger partial charge >= 0.3 is 0 Å². The first kappa shape index (κ1) is 13.1. The van der Waals surface area contributed by atoms with Crippen LogP contribution in [0.2, 0.25) is 0 Å². The molecular weight excluding hydrogens is 258 g/mol. The Bertz CT molecular complexity index is 734. The van der Waals surface area contributed by atoms with Gasteiger partial charge in [-0.1, -0.05) is 36.4 Å². The van der Waals surface area contributed by atoms with Crippen molar-refractivity contribution >= 4 is 22.7 Å². The summed E-state index contributed by atoms with van der Waals surface area (Å²) in [5.74, 6) is 0. The summed E-state index contributed by atoms with van der Waals surface area (Å²) in [6.45, 7) is 0. The van der Waals surface area contributed by atoms with Crippen LogP contribution in [0.25, 0.3) is 11.1 Å². The van der Waals surface area contributed by atoms with Crippen molar-refractivity contribution in [3.05, 3.63) is 72.8 Å². The SMILES string of the molecule is Nc1ccc(-c2ccc(Nc3ccccc3)c(N)c2)cc1. The van der Waals surface area contributed by atoms with Crippen LogP contribution in [0.1, 0.15) is 0 Å². The van der Waals surface area contributed by atoms with Gasteiger partial charge in [-0.25, -0.2) is 0 Å². The monoisotopic (exact) mass is 275 g/mol. The van der Waals surface area contributed by atoms with E-state index in [1.165, 1.54) is 0 Å². The first-order valence-corrected chi connectivity index (χ1v) is 6.80. The summed E-state index contributed by atoms with van der Waals surface area (Å²) < 4.78 is 0. The zero-order valence-electron chi connectivity index (χ0n) is 11.6. The maximum Gasteiger partial charge on any atom is 0.0618 e. The molecule has 0 aromatic heterocycles. The van der Waals surface area contributed by atoms with Crippen LogP contribution in [-0.4, -0.2) is 0 Å². The molecule has 0 saturated heterocycles. The van der Waals surface area contributed by atoms with E-state index in [2.05, 4.69) is 5.32 Å². The highest BCUT2D eigenvalue weighted by Gasteiger charge is 2.03. The van der Waals surface area contributed by atoms with Crippen LogP contribution >= 0.6 is 0 Å². The summed E-state index contributed by atoms with van der Waals surface area (Å²) in [6.07, 6.45) is 0. The van der Waals surface area contributed by atoms with Crippen LogP contribution in [0, 0.1) is 0 Å². The van der Waals surface area contributed by atoms with Gasteiger partial charge in [0.1, 0.15) is 0 Å². The van der Waals surface area contributed by atoms with Crippen molar-refractivity contribution in [1.82, 2.24) is 0 Å². The number of hydrogen-bond acceptors (Lipinski definition) is 3. The topological polar surface area (TPSA) is 64.1 Å². The molecule has 0 aliphatic carbocycles. The van der Waals surface area contributed by atoms with Crippen molar-refractivity contribution in [3.63, 3.8) is 0 Å². The van der Waals surface area contributed by atoms with Gasteiger partial charge in [-0.2, -0.15) is 0 Å². The number of benzene rings is 3. The summed E-state index contributed by atoms with van der Waals surface area (Å²) in [7, 11) is 0. The van der Waals surface area contributed by atoms with Gasteiger partial charge in [0.25, 0.3) is 0 Å². The molecule has 3 heteroatoms. The molecule has 0 fully saturated rings. The van der Waals surface area contributed by atoms with Crippen molar-refractivity contribution in [2.24, 2.45) is 0 Å². The predicted molar refractivity (Wildman–Crippen MR) is 90.4 cm³/mol. The van der Waals surface area contributed by atoms with Gasteiger partial charge in [-0.3, -0.25) is 0 Å². The van der Waals surface area contributed by atoms with E-state index in [9.17, 15) is 0 Å². The zero-order chi connectivity index (χ0) is 14.7. The maximum absolute atomic E-state index is 6.15. The third-order valence-electron chi connectivity index (χ3n) is 3.35. The van der Waals surface area contributed by atoms with Gasteiger partial charge in [0.2, 0.25) is 0 Å². The van der Waals surface area contributed by atoms with E-state index in [0.717, 1.165) is 28.2 Å². The minimum atomic E-state index is 0.716. The molecule has 0 spiro atoms. The third-order valence-corrected chi connectivity index (χ3v) is 3.35. The van der Waals surface area contributed by atoms with Crippen molar-refractivity contribution < 1.29 is 0 Å². The highest BCUT2D eigenvalue weighted by Crippen LogP contribution is 2.29. The predicted octanol–water partition coefficient (Wildman–Crippen LogP) is 4.26. The number of para-hydroxylation sites is 1. The van der Waals surface area contributed by atoms with Crippen LogP contribution in [0.4, 0.5) is 22.7 Å². The molecule has 0 saturated carbocycles. The Balaban J connectivity index is 1.88. The molecule has 0 bridgehead atoms. The first-order chi connectivity index (χ1) is 10.2. The fourth-order valence-corrected chi connectivity index (χ4v) is 2.21. The normalized spacial score (nSPS) is 10.3. The second kappa shape index (κ2) is 5.59. The van der Waals surface area contributed by atoms with E-state index in [0.29, 0.717) is 5.69 Å². The number of hydrogen-bond donors (Lipinski definition) is 3. The van der Waals surface area contributed by atoms with Gasteiger partial charge in [-0.15, -0.1) is 0 Å². The summed E-state index contributed by atoms with van der Waals surface area (Å²) in [5.41, 5.74) is 17.4. The van der Waals surface area contributed by atoms with Gasteiger partial charge in [-0.05, 0) is 47.5 Å². The highest BCUT2D eigenvalue weighted by molar-refractivity contribution is 5.79. The molecule has 0 atom stereocenters. The van der Waals surface area contributed by atoms with Gasteiger partial charge in [0.05, 0.1) is 11.4 Å². The Labute approximate surface area is 124 Å². The fourth-order valence-electron chi connectivity index (χ4n) is 2.21. The van der Waals surface area contributed by atoms with Crippen LogP contribution in [0.15, 0.2) is 72.8 Å². The van der Waals surface area contributed by atoms with E-state index in [4.69, 9.17) is 11.5 Å². The molecule has 21 heavy (non-hydrogen) atoms. The number of nitrogens with one attached hydrogen (secondary N) is 1. The molecule has 0 aliphatic heterocycles. The lowest BCUT2D eigenvalue weighted by molar-refractivity contribution is 1.54. The molecule has 3 rings (SSSR count). The van der Waals surface area contributed by atoms with E-state index in [1.54, 1.807) is 0 Å². The Hall–Kier alpha value is -2.94. The van der Waals surface area contributed by atoms with E-state index in [-0.39, 0.29) is 0 Å². The Morgan fingerprint density at radius 3 is 2.00 bits per heavy atom. The lowest BCUT2D eigenvalue weighted by Crippen LogP contribution is -1.96. The van der Waals surface area contributed by atoms with Crippen molar-refractivity contribution in [3.8, 4) is 11.1 Å². The smallest absolute Gasteiger partial charge is 0.0618 e. The van der Waals surface area contributed by atoms with Gasteiger partial charge in [0, 0.05) is 11.4 Å². The quantitative estimate of drug-likeness (QED) is 0.626. The number of nitrogens with two attached hydrogens (primary N) is 2. The van der Waals surface area contributed by atoms with E-state index < -0.39 is 0 Å². The van der Waals surface area contributed by atoms with Crippen LogP contribution < -0.4 is 16.8 Å². The third kappa shape index (κ3) is 2.98. The minimum absolute atomic E-state index is 0.716. The molecule has 0 amide bonds. The summed E-state index contributed by atoms with van der Waals surface area (Å²) in [6, 6.07) is 23.8. The molecule has 0 unspecified atom stereocenters. The lowest BCUT2D eigenvalue weighted by Gasteiger charge is -2.11. The Morgan fingerprint density at radius 1 is 0.667 bits per heavy atom. The van der Waals surface area contributed by atoms with Crippen LogP contribution in [0.3, 0.4) is 0 Å². The standard InChI is InChI=1S/C18H17N3/c19-15-9-6-13(7-10-15)14-8-11-18(17(20)12-14)21-16-4-2-1-3-5-16/h1-12,21H,19-20H2. The van der Waals surface area contributed by atoms with E-state index in [1.807, 2.05) is 72.8 Å². The molecule has 0 radical (unpaired) electrons. The summed E-state index contributed by atoms with van der Waals surface area (Å²) in [4.78, 5) is 0. The number of anilines is 4. The summed E-state index contributed by atoms with van der Waals surface area (Å²) >= 11 is 0.